The molecule has 1 aliphatic heterocycles. The monoisotopic (exact) mass is 285 g/mol. The quantitative estimate of drug-likeness (QED) is 0.761. The molecule has 0 bridgehead atoms. The molecule has 0 aliphatic carbocycles. The van der Waals surface area contributed by atoms with E-state index >= 15 is 0 Å². The lowest BCUT2D eigenvalue weighted by molar-refractivity contribution is -0.132. The third-order valence-corrected chi connectivity index (χ3v) is 3.13. The lowest BCUT2D eigenvalue weighted by Gasteiger charge is -2.30. The first-order valence-corrected chi connectivity index (χ1v) is 7.28. The third-order valence-electron chi connectivity index (χ3n) is 3.13. The Bertz CT molecular complexity index is 331. The molecule has 1 aliphatic rings. The topological polar surface area (TPSA) is 84.7 Å². The molecule has 0 spiro atoms. The Morgan fingerprint density at radius 2 is 1.90 bits per heavy atom. The van der Waals surface area contributed by atoms with Gasteiger partial charge in [-0.15, -0.1) is 0 Å². The Labute approximate surface area is 121 Å². The van der Waals surface area contributed by atoms with E-state index < -0.39 is 11.7 Å². The molecular formula is C14H27N3O3. The number of hydrogen-bond acceptors (Lipinski definition) is 4. The van der Waals surface area contributed by atoms with Crippen LogP contribution in [0.15, 0.2) is 0 Å². The molecular weight excluding hydrogens is 258 g/mol. The SMILES string of the molecule is CC(C)(C)OC(=O)NCCCC(=O)N1CCC(N)CC1. The van der Waals surface area contributed by atoms with Crippen LogP contribution in [0.2, 0.25) is 0 Å². The van der Waals surface area contributed by atoms with Crippen LogP contribution in [0.3, 0.4) is 0 Å². The standard InChI is InChI=1S/C14H27N3O3/c1-14(2,3)20-13(19)16-8-4-5-12(18)17-9-6-11(15)7-10-17/h11H,4-10,15H2,1-3H3,(H,16,19). The average Bonchev–Trinajstić information content (AvgIpc) is 2.33. The van der Waals surface area contributed by atoms with Gasteiger partial charge in [-0.3, -0.25) is 4.79 Å². The fraction of sp³-hybridized carbons (Fsp3) is 0.857. The molecule has 116 valence electrons. The minimum atomic E-state index is -0.494. The van der Waals surface area contributed by atoms with E-state index in [1.807, 2.05) is 25.7 Å². The van der Waals surface area contributed by atoms with Crippen LogP contribution < -0.4 is 11.1 Å². The Morgan fingerprint density at radius 3 is 2.45 bits per heavy atom. The lowest BCUT2D eigenvalue weighted by Crippen LogP contribution is -2.43. The molecule has 6 nitrogen and oxygen atoms in total. The predicted octanol–water partition coefficient (Wildman–Crippen LogP) is 1.24. The van der Waals surface area contributed by atoms with Crippen LogP contribution in [-0.4, -0.2) is 48.2 Å². The van der Waals surface area contributed by atoms with Crippen molar-refractivity contribution in [1.82, 2.24) is 10.2 Å². The van der Waals surface area contributed by atoms with Gasteiger partial charge in [-0.05, 0) is 40.0 Å². The summed E-state index contributed by atoms with van der Waals surface area (Å²) in [6, 6.07) is 0.230. The molecule has 0 aromatic rings. The summed E-state index contributed by atoms with van der Waals surface area (Å²) in [5.41, 5.74) is 5.31. The van der Waals surface area contributed by atoms with Gasteiger partial charge in [-0.25, -0.2) is 4.79 Å². The number of nitrogens with zero attached hydrogens (tertiary/aromatic N) is 1. The van der Waals surface area contributed by atoms with E-state index in [-0.39, 0.29) is 11.9 Å². The molecule has 1 saturated heterocycles. The highest BCUT2D eigenvalue weighted by Gasteiger charge is 2.20. The molecule has 20 heavy (non-hydrogen) atoms. The van der Waals surface area contributed by atoms with E-state index in [1.54, 1.807) is 0 Å². The van der Waals surface area contributed by atoms with Crippen molar-refractivity contribution < 1.29 is 14.3 Å². The molecule has 0 aromatic heterocycles. The second-order valence-corrected chi connectivity index (χ2v) is 6.25. The minimum absolute atomic E-state index is 0.142. The molecule has 6 heteroatoms. The zero-order valence-corrected chi connectivity index (χ0v) is 12.8. The van der Waals surface area contributed by atoms with E-state index in [4.69, 9.17) is 10.5 Å². The number of carbonyl (C=O) groups is 2. The van der Waals surface area contributed by atoms with Crippen LogP contribution in [0.25, 0.3) is 0 Å². The first-order chi connectivity index (χ1) is 9.28. The summed E-state index contributed by atoms with van der Waals surface area (Å²) < 4.78 is 5.11. The number of nitrogens with two attached hydrogens (primary N) is 1. The van der Waals surface area contributed by atoms with Gasteiger partial charge >= 0.3 is 6.09 Å². The highest BCUT2D eigenvalue weighted by Crippen LogP contribution is 2.10. The summed E-state index contributed by atoms with van der Waals surface area (Å²) in [6.45, 7) is 7.40. The molecule has 0 radical (unpaired) electrons. The second kappa shape index (κ2) is 7.47. The maximum absolute atomic E-state index is 11.9. The minimum Gasteiger partial charge on any atom is -0.444 e. The number of amides is 2. The number of alkyl carbamates (subject to hydrolysis) is 1. The van der Waals surface area contributed by atoms with Crippen molar-refractivity contribution in [1.29, 1.82) is 0 Å². The number of nitrogens with one attached hydrogen (secondary N) is 1. The van der Waals surface area contributed by atoms with Crippen molar-refractivity contribution in [3.63, 3.8) is 0 Å². The first kappa shape index (κ1) is 16.8. The maximum atomic E-state index is 11.9. The van der Waals surface area contributed by atoms with Gasteiger partial charge in [0.25, 0.3) is 0 Å². The zero-order chi connectivity index (χ0) is 15.2. The average molecular weight is 285 g/mol. The van der Waals surface area contributed by atoms with Gasteiger partial charge in [0.1, 0.15) is 5.60 Å². The van der Waals surface area contributed by atoms with Gasteiger partial charge in [-0.2, -0.15) is 0 Å². The molecule has 1 heterocycles. The van der Waals surface area contributed by atoms with Crippen LogP contribution in [-0.2, 0) is 9.53 Å². The van der Waals surface area contributed by atoms with Gasteiger partial charge in [0, 0.05) is 32.1 Å². The normalized spacial score (nSPS) is 16.9. The molecule has 2 amide bonds. The Kier molecular flexibility index (Phi) is 6.26. The van der Waals surface area contributed by atoms with Crippen molar-refractivity contribution in [2.45, 2.75) is 58.1 Å². The van der Waals surface area contributed by atoms with E-state index in [0.29, 0.717) is 19.4 Å². The molecule has 1 rings (SSSR count). The van der Waals surface area contributed by atoms with Crippen molar-refractivity contribution in [3.05, 3.63) is 0 Å². The summed E-state index contributed by atoms with van der Waals surface area (Å²) in [4.78, 5) is 25.2. The van der Waals surface area contributed by atoms with Crippen LogP contribution in [0.5, 0.6) is 0 Å². The molecule has 0 unspecified atom stereocenters. The van der Waals surface area contributed by atoms with Gasteiger partial charge in [0.2, 0.25) is 5.91 Å². The van der Waals surface area contributed by atoms with Crippen molar-refractivity contribution >= 4 is 12.0 Å². The molecule has 0 aromatic carbocycles. The summed E-state index contributed by atoms with van der Waals surface area (Å²) in [6.07, 6.45) is 2.39. The number of rotatable bonds is 4. The van der Waals surface area contributed by atoms with Crippen molar-refractivity contribution in [2.24, 2.45) is 5.73 Å². The summed E-state index contributed by atoms with van der Waals surface area (Å²) >= 11 is 0. The number of piperidine rings is 1. The summed E-state index contributed by atoms with van der Waals surface area (Å²) in [5, 5.41) is 2.65. The smallest absolute Gasteiger partial charge is 0.407 e. The molecule has 3 N–H and O–H groups in total. The summed E-state index contributed by atoms with van der Waals surface area (Å²) in [5.74, 6) is 0.142. The number of carbonyl (C=O) groups excluding carboxylic acids is 2. The summed E-state index contributed by atoms with van der Waals surface area (Å²) in [7, 11) is 0. The second-order valence-electron chi connectivity index (χ2n) is 6.25. The van der Waals surface area contributed by atoms with E-state index in [1.165, 1.54) is 0 Å². The van der Waals surface area contributed by atoms with Gasteiger partial charge < -0.3 is 20.7 Å². The molecule has 0 saturated carbocycles. The fourth-order valence-corrected chi connectivity index (χ4v) is 2.05. The van der Waals surface area contributed by atoms with E-state index in [9.17, 15) is 9.59 Å². The number of ether oxygens (including phenoxy) is 1. The van der Waals surface area contributed by atoms with Crippen molar-refractivity contribution in [3.8, 4) is 0 Å². The number of hydrogen-bond donors (Lipinski definition) is 2. The first-order valence-electron chi connectivity index (χ1n) is 7.28. The molecule has 0 atom stereocenters. The fourth-order valence-electron chi connectivity index (χ4n) is 2.05. The third kappa shape index (κ3) is 6.75. The van der Waals surface area contributed by atoms with Crippen LogP contribution in [0.4, 0.5) is 4.79 Å². The van der Waals surface area contributed by atoms with Gasteiger partial charge in [0.15, 0.2) is 0 Å². The largest absolute Gasteiger partial charge is 0.444 e. The van der Waals surface area contributed by atoms with Gasteiger partial charge in [-0.1, -0.05) is 0 Å². The Morgan fingerprint density at radius 1 is 1.30 bits per heavy atom. The maximum Gasteiger partial charge on any atom is 0.407 e. The predicted molar refractivity (Wildman–Crippen MR) is 77.3 cm³/mol. The lowest BCUT2D eigenvalue weighted by atomic mass is 10.1. The van der Waals surface area contributed by atoms with E-state index in [0.717, 1.165) is 25.9 Å². The van der Waals surface area contributed by atoms with Gasteiger partial charge in [0.05, 0.1) is 0 Å². The van der Waals surface area contributed by atoms with Crippen LogP contribution in [0, 0.1) is 0 Å². The Hall–Kier alpha value is -1.30. The van der Waals surface area contributed by atoms with Crippen molar-refractivity contribution in [2.75, 3.05) is 19.6 Å². The number of likely N-dealkylation sites (tertiary alicyclic amines) is 1. The van der Waals surface area contributed by atoms with Crippen LogP contribution >= 0.6 is 0 Å². The highest BCUT2D eigenvalue weighted by atomic mass is 16.6. The van der Waals surface area contributed by atoms with Crippen LogP contribution in [0.1, 0.15) is 46.5 Å². The Balaban J connectivity index is 2.12. The zero-order valence-electron chi connectivity index (χ0n) is 12.8. The van der Waals surface area contributed by atoms with E-state index in [2.05, 4.69) is 5.32 Å². The highest BCUT2D eigenvalue weighted by molar-refractivity contribution is 5.76. The molecule has 1 fully saturated rings.